The molecule has 10 aromatic carbocycles. The first-order chi connectivity index (χ1) is 30.7. The molecule has 0 fully saturated rings. The highest BCUT2D eigenvalue weighted by Crippen LogP contribution is 2.40. The fourth-order valence-electron chi connectivity index (χ4n) is 9.85. The number of aromatic nitrogens is 4. The molecular weight excluding hydrogens is 753 g/mol. The maximum Gasteiger partial charge on any atom is 0.160 e. The first-order valence-corrected chi connectivity index (χ1v) is 21.2. The normalized spacial score (nSPS) is 11.9. The zero-order chi connectivity index (χ0) is 40.7. The van der Waals surface area contributed by atoms with Crippen LogP contribution in [0, 0.1) is 0 Å². The molecule has 288 valence electrons. The topological polar surface area (TPSA) is 35.6 Å². The zero-order valence-corrected chi connectivity index (χ0v) is 33.6. The molecule has 4 nitrogen and oxygen atoms in total. The summed E-state index contributed by atoms with van der Waals surface area (Å²) in [7, 11) is 0. The summed E-state index contributed by atoms with van der Waals surface area (Å²) in [6, 6.07) is 78.6. The van der Waals surface area contributed by atoms with Gasteiger partial charge in [0.05, 0.1) is 33.3 Å². The minimum Gasteiger partial charge on any atom is -0.309 e. The molecule has 0 unspecified atom stereocenters. The Labute approximate surface area is 357 Å². The molecule has 0 radical (unpaired) electrons. The van der Waals surface area contributed by atoms with E-state index in [-0.39, 0.29) is 0 Å². The molecule has 0 saturated carbocycles. The highest BCUT2D eigenvalue weighted by Gasteiger charge is 2.19. The molecule has 0 spiro atoms. The average Bonchev–Trinajstić information content (AvgIpc) is 3.86. The molecule has 13 aromatic rings. The Kier molecular flexibility index (Phi) is 7.57. The molecule has 13 rings (SSSR count). The molecule has 3 heterocycles. The number of rotatable bonds is 5. The lowest BCUT2D eigenvalue weighted by Gasteiger charge is -2.14. The SMILES string of the molecule is c1ccc(-n2c3ccccc3c3cc(-c4ccc5c6ccccc6n(-c6ccc(-c7nc(-c8cccc9ccccc89)c8c(ccc9ccccc98)n7)cc6)c5c4)ccc32)cc1. The Morgan fingerprint density at radius 3 is 1.65 bits per heavy atom. The van der Waals surface area contributed by atoms with E-state index in [1.807, 2.05) is 0 Å². The molecule has 0 N–H and O–H groups in total. The molecule has 0 atom stereocenters. The zero-order valence-electron chi connectivity index (χ0n) is 33.6. The first kappa shape index (κ1) is 34.5. The predicted octanol–water partition coefficient (Wildman–Crippen LogP) is 15.1. The third-order valence-corrected chi connectivity index (χ3v) is 12.7. The van der Waals surface area contributed by atoms with Crippen molar-refractivity contribution in [3.8, 4) is 45.1 Å². The lowest BCUT2D eigenvalue weighted by atomic mass is 9.96. The van der Waals surface area contributed by atoms with Crippen molar-refractivity contribution in [1.29, 1.82) is 0 Å². The van der Waals surface area contributed by atoms with Crippen LogP contribution in [0.2, 0.25) is 0 Å². The van der Waals surface area contributed by atoms with Crippen molar-refractivity contribution in [1.82, 2.24) is 19.1 Å². The van der Waals surface area contributed by atoms with E-state index in [9.17, 15) is 0 Å². The highest BCUT2D eigenvalue weighted by molar-refractivity contribution is 6.16. The van der Waals surface area contributed by atoms with E-state index >= 15 is 0 Å². The van der Waals surface area contributed by atoms with Crippen molar-refractivity contribution in [2.24, 2.45) is 0 Å². The van der Waals surface area contributed by atoms with Crippen molar-refractivity contribution in [2.75, 3.05) is 0 Å². The fourth-order valence-corrected chi connectivity index (χ4v) is 9.85. The van der Waals surface area contributed by atoms with Crippen LogP contribution >= 0.6 is 0 Å². The van der Waals surface area contributed by atoms with Crippen LogP contribution in [0.3, 0.4) is 0 Å². The molecule has 3 aromatic heterocycles. The van der Waals surface area contributed by atoms with Gasteiger partial charge in [0, 0.05) is 49.4 Å². The van der Waals surface area contributed by atoms with Crippen molar-refractivity contribution in [3.63, 3.8) is 0 Å². The van der Waals surface area contributed by atoms with Gasteiger partial charge < -0.3 is 9.13 Å². The van der Waals surface area contributed by atoms with Crippen LogP contribution in [0.15, 0.2) is 218 Å². The minimum absolute atomic E-state index is 0.704. The van der Waals surface area contributed by atoms with E-state index in [1.54, 1.807) is 0 Å². The van der Waals surface area contributed by atoms with Gasteiger partial charge in [0.2, 0.25) is 0 Å². The van der Waals surface area contributed by atoms with Crippen LogP contribution in [-0.4, -0.2) is 19.1 Å². The molecule has 0 saturated heterocycles. The average molecular weight is 789 g/mol. The first-order valence-electron chi connectivity index (χ1n) is 21.2. The Morgan fingerprint density at radius 2 is 0.855 bits per heavy atom. The Morgan fingerprint density at radius 1 is 0.306 bits per heavy atom. The molecule has 0 aliphatic rings. The highest BCUT2D eigenvalue weighted by atomic mass is 15.0. The second-order valence-electron chi connectivity index (χ2n) is 16.2. The smallest absolute Gasteiger partial charge is 0.160 e. The van der Waals surface area contributed by atoms with Gasteiger partial charge in [0.15, 0.2) is 5.82 Å². The summed E-state index contributed by atoms with van der Waals surface area (Å²) in [6.45, 7) is 0. The quantitative estimate of drug-likeness (QED) is 0.163. The predicted molar refractivity (Wildman–Crippen MR) is 260 cm³/mol. The fraction of sp³-hybridized carbons (Fsp3) is 0. The lowest BCUT2D eigenvalue weighted by molar-refractivity contribution is 1.17. The molecule has 0 aliphatic heterocycles. The summed E-state index contributed by atoms with van der Waals surface area (Å²) < 4.78 is 4.77. The summed E-state index contributed by atoms with van der Waals surface area (Å²) in [5.41, 5.74) is 13.3. The number of hydrogen-bond acceptors (Lipinski definition) is 2. The number of para-hydroxylation sites is 3. The van der Waals surface area contributed by atoms with E-state index in [1.165, 1.54) is 65.4 Å². The molecule has 0 bridgehead atoms. The Bertz CT molecular complexity index is 3910. The van der Waals surface area contributed by atoms with Crippen molar-refractivity contribution in [3.05, 3.63) is 218 Å². The standard InChI is InChI=1S/C58H36N4/c1-2-16-42(17-3-1)61-53-24-11-9-21-47(53)50-35-40(29-34-54(50)61)41-27-32-48-46-20-8-10-23-52(46)62(55(48)36-41)43-30-25-39(26-31-43)58-59-51-33-28-38-14-5-7-19-45(38)56(51)57(60-58)49-22-12-15-37-13-4-6-18-44(37)49/h1-36H. The summed E-state index contributed by atoms with van der Waals surface area (Å²) in [4.78, 5) is 10.7. The largest absolute Gasteiger partial charge is 0.309 e. The van der Waals surface area contributed by atoms with Crippen LogP contribution in [0.5, 0.6) is 0 Å². The van der Waals surface area contributed by atoms with Gasteiger partial charge in [-0.1, -0.05) is 146 Å². The van der Waals surface area contributed by atoms with Gasteiger partial charge >= 0.3 is 0 Å². The van der Waals surface area contributed by atoms with Crippen LogP contribution < -0.4 is 0 Å². The third kappa shape index (κ3) is 5.27. The van der Waals surface area contributed by atoms with E-state index < -0.39 is 0 Å². The van der Waals surface area contributed by atoms with Gasteiger partial charge in [-0.3, -0.25) is 0 Å². The van der Waals surface area contributed by atoms with E-state index in [4.69, 9.17) is 9.97 Å². The minimum atomic E-state index is 0.704. The van der Waals surface area contributed by atoms with Gasteiger partial charge in [-0.25, -0.2) is 9.97 Å². The van der Waals surface area contributed by atoms with Crippen LogP contribution in [-0.2, 0) is 0 Å². The summed E-state index contributed by atoms with van der Waals surface area (Å²) in [5.74, 6) is 0.704. The van der Waals surface area contributed by atoms with Gasteiger partial charge in [-0.15, -0.1) is 0 Å². The lowest BCUT2D eigenvalue weighted by Crippen LogP contribution is -1.98. The molecule has 0 aliphatic carbocycles. The van der Waals surface area contributed by atoms with Gasteiger partial charge in [-0.05, 0) is 105 Å². The number of benzene rings is 10. The van der Waals surface area contributed by atoms with Gasteiger partial charge in [0.1, 0.15) is 0 Å². The monoisotopic (exact) mass is 788 g/mol. The van der Waals surface area contributed by atoms with E-state index in [0.29, 0.717) is 5.82 Å². The second-order valence-corrected chi connectivity index (χ2v) is 16.2. The molecular formula is C58H36N4. The van der Waals surface area contributed by atoms with E-state index in [2.05, 4.69) is 228 Å². The third-order valence-electron chi connectivity index (χ3n) is 12.7. The van der Waals surface area contributed by atoms with Crippen LogP contribution in [0.1, 0.15) is 0 Å². The molecule has 0 amide bonds. The van der Waals surface area contributed by atoms with E-state index in [0.717, 1.165) is 50.0 Å². The van der Waals surface area contributed by atoms with Crippen molar-refractivity contribution in [2.45, 2.75) is 0 Å². The number of fused-ring (bicyclic) bond motifs is 10. The summed E-state index contributed by atoms with van der Waals surface area (Å²) in [6.07, 6.45) is 0. The summed E-state index contributed by atoms with van der Waals surface area (Å²) >= 11 is 0. The second kappa shape index (κ2) is 13.6. The van der Waals surface area contributed by atoms with Crippen LogP contribution in [0.25, 0.3) is 121 Å². The Hall–Kier alpha value is -8.34. The van der Waals surface area contributed by atoms with Crippen molar-refractivity contribution < 1.29 is 0 Å². The maximum absolute atomic E-state index is 5.42. The number of hydrogen-bond donors (Lipinski definition) is 0. The maximum atomic E-state index is 5.42. The number of nitrogens with zero attached hydrogens (tertiary/aromatic N) is 4. The molecule has 4 heteroatoms. The van der Waals surface area contributed by atoms with Crippen LogP contribution in [0.4, 0.5) is 0 Å². The molecule has 62 heavy (non-hydrogen) atoms. The summed E-state index contributed by atoms with van der Waals surface area (Å²) in [5, 5.41) is 10.7. The Balaban J connectivity index is 0.956. The van der Waals surface area contributed by atoms with Gasteiger partial charge in [0.25, 0.3) is 0 Å². The van der Waals surface area contributed by atoms with Crippen molar-refractivity contribution >= 4 is 76.1 Å². The van der Waals surface area contributed by atoms with Gasteiger partial charge in [-0.2, -0.15) is 0 Å².